The molecule has 0 spiro atoms. The summed E-state index contributed by atoms with van der Waals surface area (Å²) in [7, 11) is -2.75. The van der Waals surface area contributed by atoms with Crippen LogP contribution < -0.4 is 19.2 Å². The SMILES string of the molecule is COc1ccc2nc(NS(=O)(=O)c3c([O-])on[n+]3-c3ccc(C)cc3)sc2c1. The zero-order valence-electron chi connectivity index (χ0n) is 14.7. The van der Waals surface area contributed by atoms with Crippen LogP contribution in [0, 0.1) is 6.92 Å². The van der Waals surface area contributed by atoms with E-state index in [4.69, 9.17) is 4.74 Å². The fourth-order valence-electron chi connectivity index (χ4n) is 2.55. The molecule has 2 aromatic carbocycles. The van der Waals surface area contributed by atoms with Crippen molar-refractivity contribution in [2.75, 3.05) is 11.8 Å². The van der Waals surface area contributed by atoms with Gasteiger partial charge in [-0.05, 0) is 29.8 Å². The van der Waals surface area contributed by atoms with E-state index < -0.39 is 21.0 Å². The maximum Gasteiger partial charge on any atom is 0.373 e. The maximum absolute atomic E-state index is 12.9. The Labute approximate surface area is 163 Å². The van der Waals surface area contributed by atoms with Gasteiger partial charge in [0.05, 0.1) is 22.6 Å². The molecule has 11 heteroatoms. The number of benzene rings is 2. The molecule has 144 valence electrons. The topological polar surface area (TPSA) is 121 Å². The second kappa shape index (κ2) is 6.77. The van der Waals surface area contributed by atoms with E-state index >= 15 is 0 Å². The minimum atomic E-state index is -4.29. The number of hydrogen-bond acceptors (Lipinski definition) is 8. The summed E-state index contributed by atoms with van der Waals surface area (Å²) in [5.41, 5.74) is 1.95. The number of aromatic nitrogens is 3. The number of anilines is 1. The van der Waals surface area contributed by atoms with Crippen molar-refractivity contribution in [3.63, 3.8) is 0 Å². The zero-order valence-corrected chi connectivity index (χ0v) is 16.4. The summed E-state index contributed by atoms with van der Waals surface area (Å²) >= 11 is 1.12. The summed E-state index contributed by atoms with van der Waals surface area (Å²) in [5.74, 6) is -0.445. The first kappa shape index (κ1) is 18.2. The number of sulfonamides is 1. The molecule has 4 rings (SSSR count). The molecule has 0 radical (unpaired) electrons. The molecule has 0 aliphatic rings. The third kappa shape index (κ3) is 3.25. The second-order valence-corrected chi connectivity index (χ2v) is 8.50. The molecule has 28 heavy (non-hydrogen) atoms. The van der Waals surface area contributed by atoms with Gasteiger partial charge in [0, 0.05) is 12.1 Å². The predicted octanol–water partition coefficient (Wildman–Crippen LogP) is 1.75. The highest BCUT2D eigenvalue weighted by atomic mass is 32.2. The standard InChI is InChI=1S/C17H14N4O5S2/c1-10-3-5-11(6-4-10)21-15(16(22)26-20-21)28(23,24)19-17-18-13-8-7-12(25-2)9-14(13)27-17/h3-9H,1-2H3,(H-,18,19,20,22). The van der Waals surface area contributed by atoms with Gasteiger partial charge in [0.2, 0.25) is 5.69 Å². The van der Waals surface area contributed by atoms with E-state index in [2.05, 4.69) is 19.5 Å². The Morgan fingerprint density at radius 3 is 2.68 bits per heavy atom. The van der Waals surface area contributed by atoms with Gasteiger partial charge in [-0.15, -0.1) is 0 Å². The highest BCUT2D eigenvalue weighted by Gasteiger charge is 2.34. The quantitative estimate of drug-likeness (QED) is 0.490. The van der Waals surface area contributed by atoms with Crippen molar-refractivity contribution in [2.45, 2.75) is 11.9 Å². The van der Waals surface area contributed by atoms with E-state index in [1.54, 1.807) is 42.5 Å². The largest absolute Gasteiger partial charge is 0.538 e. The van der Waals surface area contributed by atoms with Crippen molar-refractivity contribution >= 4 is 36.7 Å². The molecule has 0 fully saturated rings. The monoisotopic (exact) mass is 418 g/mol. The van der Waals surface area contributed by atoms with Crippen LogP contribution in [0.25, 0.3) is 15.9 Å². The van der Waals surface area contributed by atoms with Crippen molar-refractivity contribution in [1.29, 1.82) is 0 Å². The van der Waals surface area contributed by atoms with Gasteiger partial charge >= 0.3 is 15.0 Å². The summed E-state index contributed by atoms with van der Waals surface area (Å²) in [6.07, 6.45) is 0. The first-order valence-electron chi connectivity index (χ1n) is 8.01. The van der Waals surface area contributed by atoms with Gasteiger partial charge in [-0.2, -0.15) is 8.42 Å². The molecule has 2 heterocycles. The van der Waals surface area contributed by atoms with Gasteiger partial charge in [0.1, 0.15) is 5.75 Å². The highest BCUT2D eigenvalue weighted by molar-refractivity contribution is 7.92. The number of nitrogens with one attached hydrogen (secondary N) is 1. The fraction of sp³-hybridized carbons (Fsp3) is 0.118. The lowest BCUT2D eigenvalue weighted by molar-refractivity contribution is -0.706. The van der Waals surface area contributed by atoms with E-state index in [-0.39, 0.29) is 5.13 Å². The molecule has 0 saturated heterocycles. The Morgan fingerprint density at radius 1 is 1.21 bits per heavy atom. The Bertz CT molecular complexity index is 1260. The number of methoxy groups -OCH3 is 1. The Kier molecular flexibility index (Phi) is 4.40. The van der Waals surface area contributed by atoms with Crippen molar-refractivity contribution in [3.8, 4) is 17.4 Å². The van der Waals surface area contributed by atoms with Gasteiger partial charge in [-0.3, -0.25) is 0 Å². The number of nitrogens with zero attached hydrogens (tertiary/aromatic N) is 3. The minimum Gasteiger partial charge on any atom is -0.538 e. The molecule has 1 N–H and O–H groups in total. The summed E-state index contributed by atoms with van der Waals surface area (Å²) < 4.78 is 39.5. The number of aryl methyl sites for hydroxylation is 1. The lowest BCUT2D eigenvalue weighted by atomic mass is 10.2. The molecule has 4 aromatic rings. The number of ether oxygens (including phenoxy) is 1. The van der Waals surface area contributed by atoms with Crippen LogP contribution in [0.15, 0.2) is 52.0 Å². The van der Waals surface area contributed by atoms with Crippen LogP contribution in [0.2, 0.25) is 0 Å². The van der Waals surface area contributed by atoms with Crippen molar-refractivity contribution in [3.05, 3.63) is 48.0 Å². The molecule has 9 nitrogen and oxygen atoms in total. The van der Waals surface area contributed by atoms with E-state index in [1.807, 2.05) is 6.92 Å². The molecule has 0 bridgehead atoms. The second-order valence-electron chi connectivity index (χ2n) is 5.87. The number of thiazole rings is 1. The normalized spacial score (nSPS) is 11.6. The molecule has 0 aliphatic carbocycles. The number of fused-ring (bicyclic) bond motifs is 1. The molecule has 0 saturated carbocycles. The van der Waals surface area contributed by atoms with Crippen LogP contribution in [-0.2, 0) is 10.0 Å². The van der Waals surface area contributed by atoms with Crippen molar-refractivity contribution < 1.29 is 27.5 Å². The van der Waals surface area contributed by atoms with Gasteiger partial charge in [-0.25, -0.2) is 9.71 Å². The lowest BCUT2D eigenvalue weighted by Gasteiger charge is -2.02. The van der Waals surface area contributed by atoms with Crippen LogP contribution in [-0.4, -0.2) is 25.8 Å². The number of rotatable bonds is 5. The Hall–Kier alpha value is -3.18. The summed E-state index contributed by atoms with van der Waals surface area (Å²) in [6.45, 7) is 1.89. The smallest absolute Gasteiger partial charge is 0.373 e. The van der Waals surface area contributed by atoms with Crippen molar-refractivity contribution in [2.24, 2.45) is 0 Å². The third-order valence-corrected chi connectivity index (χ3v) is 6.30. The molecular formula is C17H14N4O5S2. The van der Waals surface area contributed by atoms with E-state index in [1.165, 1.54) is 7.11 Å². The van der Waals surface area contributed by atoms with Crippen LogP contribution >= 0.6 is 11.3 Å². The fourth-order valence-corrected chi connectivity index (χ4v) is 4.79. The molecule has 0 unspecified atom stereocenters. The maximum atomic E-state index is 12.9. The average Bonchev–Trinajstić information content (AvgIpc) is 3.24. The van der Waals surface area contributed by atoms with E-state index in [0.29, 0.717) is 17.0 Å². The summed E-state index contributed by atoms with van der Waals surface area (Å²) in [5, 5.41) is 15.1. The van der Waals surface area contributed by atoms with Gasteiger partial charge in [0.15, 0.2) is 11.1 Å². The average molecular weight is 418 g/mol. The molecule has 0 aliphatic heterocycles. The van der Waals surface area contributed by atoms with Gasteiger partial charge in [-0.1, -0.05) is 29.0 Å². The predicted molar refractivity (Wildman–Crippen MR) is 99.2 cm³/mol. The molecule has 2 aromatic heterocycles. The van der Waals surface area contributed by atoms with Crippen LogP contribution in [0.5, 0.6) is 11.7 Å². The zero-order chi connectivity index (χ0) is 19.9. The Morgan fingerprint density at radius 2 is 1.96 bits per heavy atom. The molecule has 0 amide bonds. The van der Waals surface area contributed by atoms with Gasteiger partial charge < -0.3 is 14.4 Å². The lowest BCUT2D eigenvalue weighted by Crippen LogP contribution is -2.40. The van der Waals surface area contributed by atoms with Crippen molar-refractivity contribution in [1.82, 2.24) is 10.3 Å². The summed E-state index contributed by atoms with van der Waals surface area (Å²) in [6, 6.07) is 12.0. The molecular weight excluding hydrogens is 404 g/mol. The molecule has 0 atom stereocenters. The summed E-state index contributed by atoms with van der Waals surface area (Å²) in [4.78, 5) is 4.24. The van der Waals surface area contributed by atoms with Crippen LogP contribution in [0.3, 0.4) is 0 Å². The number of hydrogen-bond donors (Lipinski definition) is 1. The van der Waals surface area contributed by atoms with Crippen LogP contribution in [0.1, 0.15) is 5.56 Å². The van der Waals surface area contributed by atoms with Crippen LogP contribution in [0.4, 0.5) is 5.13 Å². The first-order valence-corrected chi connectivity index (χ1v) is 10.3. The van der Waals surface area contributed by atoms with E-state index in [9.17, 15) is 13.5 Å². The Balaban J connectivity index is 1.73. The highest BCUT2D eigenvalue weighted by Crippen LogP contribution is 2.31. The van der Waals surface area contributed by atoms with Gasteiger partial charge in [0.25, 0.3) is 0 Å². The minimum absolute atomic E-state index is 0.110. The first-order chi connectivity index (χ1) is 13.4. The third-order valence-electron chi connectivity index (χ3n) is 3.92. The van der Waals surface area contributed by atoms with E-state index in [0.717, 1.165) is 26.3 Å².